The second-order valence-corrected chi connectivity index (χ2v) is 6.01. The van der Waals surface area contributed by atoms with Gasteiger partial charge in [-0.1, -0.05) is 40.5 Å². The molecule has 0 spiro atoms. The van der Waals surface area contributed by atoms with Gasteiger partial charge >= 0.3 is 11.9 Å². The molecule has 118 valence electrons. The van der Waals surface area contributed by atoms with Crippen molar-refractivity contribution in [3.05, 3.63) is 0 Å². The molecule has 0 aliphatic carbocycles. The molecule has 0 aliphatic rings. The maximum absolute atomic E-state index is 11.4. The summed E-state index contributed by atoms with van der Waals surface area (Å²) in [6.07, 6.45) is 4.65. The summed E-state index contributed by atoms with van der Waals surface area (Å²) < 4.78 is 10.0. The highest BCUT2D eigenvalue weighted by molar-refractivity contribution is 5.70. The molecule has 0 rings (SSSR count). The van der Waals surface area contributed by atoms with Gasteiger partial charge in [0.25, 0.3) is 0 Å². The van der Waals surface area contributed by atoms with Crippen molar-refractivity contribution in [1.29, 1.82) is 0 Å². The Balaban J connectivity index is 3.41. The molecule has 0 saturated heterocycles. The van der Waals surface area contributed by atoms with Crippen LogP contribution in [0, 0.1) is 11.8 Å². The molecule has 4 nitrogen and oxygen atoms in total. The van der Waals surface area contributed by atoms with Gasteiger partial charge in [0.2, 0.25) is 0 Å². The predicted octanol–water partition coefficient (Wildman–Crippen LogP) is 3.73. The molecule has 0 N–H and O–H groups in total. The van der Waals surface area contributed by atoms with E-state index >= 15 is 0 Å². The molecule has 0 aromatic heterocycles. The number of carbonyl (C=O) groups is 2. The fourth-order valence-corrected chi connectivity index (χ4v) is 1.76. The lowest BCUT2D eigenvalue weighted by Gasteiger charge is -2.08. The van der Waals surface area contributed by atoms with E-state index in [4.69, 9.17) is 9.47 Å². The Morgan fingerprint density at radius 1 is 0.750 bits per heavy atom. The number of hydrogen-bond acceptors (Lipinski definition) is 4. The molecule has 0 aromatic carbocycles. The Bertz CT molecular complexity index is 244. The van der Waals surface area contributed by atoms with Gasteiger partial charge in [-0.2, -0.15) is 0 Å². The smallest absolute Gasteiger partial charge is 0.305 e. The normalized spacial score (nSPS) is 10.9. The minimum atomic E-state index is -0.207. The molecular formula is C16H30O4. The molecule has 0 atom stereocenters. The zero-order valence-corrected chi connectivity index (χ0v) is 13.4. The van der Waals surface area contributed by atoms with Crippen LogP contribution in [0.5, 0.6) is 0 Å². The maximum Gasteiger partial charge on any atom is 0.305 e. The molecule has 0 amide bonds. The third-order valence-corrected chi connectivity index (χ3v) is 2.93. The standard InChI is InChI=1S/C16H30O4/c1-13(2)7-5-9-15(17)19-11-12-20-16(18)10-6-8-14(3)4/h13-14H,5-12H2,1-4H3. The zero-order chi connectivity index (χ0) is 15.4. The third-order valence-electron chi connectivity index (χ3n) is 2.93. The molecule has 0 heterocycles. The quantitative estimate of drug-likeness (QED) is 0.429. The van der Waals surface area contributed by atoms with Gasteiger partial charge < -0.3 is 9.47 Å². The van der Waals surface area contributed by atoms with Crippen LogP contribution in [-0.2, 0) is 19.1 Å². The van der Waals surface area contributed by atoms with Crippen molar-refractivity contribution < 1.29 is 19.1 Å². The van der Waals surface area contributed by atoms with Crippen LogP contribution in [0.25, 0.3) is 0 Å². The second kappa shape index (κ2) is 11.7. The van der Waals surface area contributed by atoms with Crippen LogP contribution >= 0.6 is 0 Å². The number of carbonyl (C=O) groups excluding carboxylic acids is 2. The van der Waals surface area contributed by atoms with Gasteiger partial charge in [0.1, 0.15) is 13.2 Å². The molecule has 0 fully saturated rings. The minimum absolute atomic E-state index is 0.163. The lowest BCUT2D eigenvalue weighted by Crippen LogP contribution is -2.14. The summed E-state index contributed by atoms with van der Waals surface area (Å²) in [7, 11) is 0. The second-order valence-electron chi connectivity index (χ2n) is 6.01. The van der Waals surface area contributed by atoms with Gasteiger partial charge in [0, 0.05) is 12.8 Å². The van der Waals surface area contributed by atoms with Crippen molar-refractivity contribution in [2.75, 3.05) is 13.2 Å². The maximum atomic E-state index is 11.4. The third kappa shape index (κ3) is 13.4. The van der Waals surface area contributed by atoms with Crippen molar-refractivity contribution in [2.24, 2.45) is 11.8 Å². The van der Waals surface area contributed by atoms with E-state index in [-0.39, 0.29) is 25.2 Å². The average Bonchev–Trinajstić information content (AvgIpc) is 2.33. The first-order valence-electron chi connectivity index (χ1n) is 7.73. The van der Waals surface area contributed by atoms with Gasteiger partial charge in [-0.05, 0) is 24.7 Å². The van der Waals surface area contributed by atoms with Gasteiger partial charge in [-0.15, -0.1) is 0 Å². The number of hydrogen-bond donors (Lipinski definition) is 0. The fourth-order valence-electron chi connectivity index (χ4n) is 1.76. The lowest BCUT2D eigenvalue weighted by molar-refractivity contribution is -0.152. The van der Waals surface area contributed by atoms with E-state index in [1.165, 1.54) is 0 Å². The zero-order valence-electron chi connectivity index (χ0n) is 13.4. The van der Waals surface area contributed by atoms with E-state index in [2.05, 4.69) is 27.7 Å². The molecule has 20 heavy (non-hydrogen) atoms. The van der Waals surface area contributed by atoms with Crippen molar-refractivity contribution in [3.8, 4) is 0 Å². The first-order valence-corrected chi connectivity index (χ1v) is 7.73. The predicted molar refractivity (Wildman–Crippen MR) is 79.3 cm³/mol. The van der Waals surface area contributed by atoms with Crippen molar-refractivity contribution >= 4 is 11.9 Å². The molecule has 0 radical (unpaired) electrons. The molecule has 0 saturated carbocycles. The van der Waals surface area contributed by atoms with Crippen LogP contribution in [0.4, 0.5) is 0 Å². The number of esters is 2. The van der Waals surface area contributed by atoms with E-state index in [0.29, 0.717) is 24.7 Å². The molecule has 4 heteroatoms. The summed E-state index contributed by atoms with van der Waals surface area (Å²) in [6.45, 7) is 8.84. The highest BCUT2D eigenvalue weighted by atomic mass is 16.6. The Morgan fingerprint density at radius 2 is 1.10 bits per heavy atom. The monoisotopic (exact) mass is 286 g/mol. The summed E-state index contributed by atoms with van der Waals surface area (Å²) in [5, 5.41) is 0. The first-order chi connectivity index (χ1) is 9.41. The molecule has 0 unspecified atom stereocenters. The first kappa shape index (κ1) is 18.9. The average molecular weight is 286 g/mol. The van der Waals surface area contributed by atoms with Gasteiger partial charge in [0.15, 0.2) is 0 Å². The SMILES string of the molecule is CC(C)CCCC(=O)OCCOC(=O)CCCC(C)C. The Hall–Kier alpha value is -1.06. The summed E-state index contributed by atoms with van der Waals surface area (Å²) in [5.41, 5.74) is 0. The van der Waals surface area contributed by atoms with Crippen LogP contribution in [0.1, 0.15) is 66.2 Å². The van der Waals surface area contributed by atoms with Crippen LogP contribution in [-0.4, -0.2) is 25.2 Å². The van der Waals surface area contributed by atoms with Gasteiger partial charge in [0.05, 0.1) is 0 Å². The topological polar surface area (TPSA) is 52.6 Å². The Labute approximate surface area is 123 Å². The lowest BCUT2D eigenvalue weighted by atomic mass is 10.1. The van der Waals surface area contributed by atoms with Crippen molar-refractivity contribution in [3.63, 3.8) is 0 Å². The molecule has 0 bridgehead atoms. The fraction of sp³-hybridized carbons (Fsp3) is 0.875. The van der Waals surface area contributed by atoms with E-state index in [1.54, 1.807) is 0 Å². The van der Waals surface area contributed by atoms with Crippen molar-refractivity contribution in [1.82, 2.24) is 0 Å². The van der Waals surface area contributed by atoms with Crippen LogP contribution in [0.2, 0.25) is 0 Å². The summed E-state index contributed by atoms with van der Waals surface area (Å²) in [4.78, 5) is 22.7. The summed E-state index contributed by atoms with van der Waals surface area (Å²) in [5.74, 6) is 0.798. The minimum Gasteiger partial charge on any atom is -0.462 e. The highest BCUT2D eigenvalue weighted by Crippen LogP contribution is 2.07. The van der Waals surface area contributed by atoms with E-state index in [1.807, 2.05) is 0 Å². The largest absolute Gasteiger partial charge is 0.462 e. The van der Waals surface area contributed by atoms with Crippen molar-refractivity contribution in [2.45, 2.75) is 66.2 Å². The van der Waals surface area contributed by atoms with Crippen LogP contribution in [0.3, 0.4) is 0 Å². The Kier molecular flexibility index (Phi) is 11.1. The highest BCUT2D eigenvalue weighted by Gasteiger charge is 2.06. The summed E-state index contributed by atoms with van der Waals surface area (Å²) >= 11 is 0. The van der Waals surface area contributed by atoms with Gasteiger partial charge in [-0.3, -0.25) is 9.59 Å². The number of ether oxygens (including phenoxy) is 2. The summed E-state index contributed by atoms with van der Waals surface area (Å²) in [6, 6.07) is 0. The van der Waals surface area contributed by atoms with E-state index in [0.717, 1.165) is 25.7 Å². The number of rotatable bonds is 11. The molecular weight excluding hydrogens is 256 g/mol. The van der Waals surface area contributed by atoms with E-state index in [9.17, 15) is 9.59 Å². The van der Waals surface area contributed by atoms with Gasteiger partial charge in [-0.25, -0.2) is 0 Å². The van der Waals surface area contributed by atoms with Crippen LogP contribution in [0.15, 0.2) is 0 Å². The molecule has 0 aliphatic heterocycles. The van der Waals surface area contributed by atoms with Crippen LogP contribution < -0.4 is 0 Å². The Morgan fingerprint density at radius 3 is 1.40 bits per heavy atom. The molecule has 0 aromatic rings. The van der Waals surface area contributed by atoms with E-state index < -0.39 is 0 Å².